The van der Waals surface area contributed by atoms with Gasteiger partial charge in [-0.2, -0.15) is 5.10 Å². The maximum Gasteiger partial charge on any atom is 0.446 e. The van der Waals surface area contributed by atoms with Gasteiger partial charge in [-0.05, 0) is 30.3 Å². The van der Waals surface area contributed by atoms with E-state index in [-0.39, 0.29) is 6.73 Å². The molecule has 1 heterocycles. The molecule has 154 valence electrons. The standard InChI is InChI=1S/C18H21BrN5O4P/c1-23(2)16-8-6-13(7-9-16)18-11-17(14-4-3-5-15(19)10-14)21-24(18)12-27-29(26,22-25)28-20/h3-11,25H,12,20H2,1-2H3,(H,22,26). The first-order chi connectivity index (χ1) is 13.8. The molecule has 4 N–H and O–H groups in total. The van der Waals surface area contributed by atoms with Gasteiger partial charge in [0.15, 0.2) is 6.73 Å². The van der Waals surface area contributed by atoms with E-state index in [9.17, 15) is 4.57 Å². The molecule has 0 spiro atoms. The fourth-order valence-corrected chi connectivity index (χ4v) is 3.51. The van der Waals surface area contributed by atoms with Gasteiger partial charge in [0.05, 0.1) is 11.4 Å². The molecule has 1 unspecified atom stereocenters. The average Bonchev–Trinajstić information content (AvgIpc) is 3.16. The summed E-state index contributed by atoms with van der Waals surface area (Å²) in [6.45, 7) is -0.263. The van der Waals surface area contributed by atoms with Crippen LogP contribution >= 0.6 is 23.7 Å². The molecule has 29 heavy (non-hydrogen) atoms. The normalized spacial score (nSPS) is 13.3. The van der Waals surface area contributed by atoms with Crippen molar-refractivity contribution < 1.29 is 18.9 Å². The van der Waals surface area contributed by atoms with Gasteiger partial charge >= 0.3 is 7.75 Å². The summed E-state index contributed by atoms with van der Waals surface area (Å²) in [5.41, 5.74) is 4.25. The molecule has 11 heteroatoms. The predicted octanol–water partition coefficient (Wildman–Crippen LogP) is 4.00. The fraction of sp³-hybridized carbons (Fsp3) is 0.167. The number of nitrogens with zero attached hydrogens (tertiary/aromatic N) is 3. The first kappa shape index (κ1) is 21.7. The Kier molecular flexibility index (Phi) is 6.86. The van der Waals surface area contributed by atoms with Crippen LogP contribution in [0.5, 0.6) is 0 Å². The molecular weight excluding hydrogens is 461 g/mol. The molecule has 0 aliphatic rings. The van der Waals surface area contributed by atoms with Crippen LogP contribution in [-0.4, -0.2) is 29.1 Å². The van der Waals surface area contributed by atoms with Gasteiger partial charge < -0.3 is 10.1 Å². The monoisotopic (exact) mass is 481 g/mol. The Hall–Kier alpha value is -2.04. The zero-order valence-corrected chi connectivity index (χ0v) is 18.3. The van der Waals surface area contributed by atoms with Crippen LogP contribution in [0.1, 0.15) is 0 Å². The minimum Gasteiger partial charge on any atom is -0.378 e. The van der Waals surface area contributed by atoms with Gasteiger partial charge in [-0.15, -0.1) is 5.25 Å². The Bertz CT molecular complexity index is 1020. The van der Waals surface area contributed by atoms with E-state index in [1.54, 1.807) is 0 Å². The van der Waals surface area contributed by atoms with Gasteiger partial charge in [0.2, 0.25) is 0 Å². The Balaban J connectivity index is 2.01. The zero-order chi connectivity index (χ0) is 21.0. The molecular formula is C18H21BrN5O4P. The minimum atomic E-state index is -4.04. The highest BCUT2D eigenvalue weighted by Gasteiger charge is 2.24. The van der Waals surface area contributed by atoms with Crippen LogP contribution in [0.25, 0.3) is 22.5 Å². The molecule has 0 bridgehead atoms. The van der Waals surface area contributed by atoms with Crippen LogP contribution in [0, 0.1) is 0 Å². The zero-order valence-electron chi connectivity index (χ0n) is 15.8. The SMILES string of the molecule is CN(C)c1ccc(-c2cc(-c3cccc(Br)c3)nn2COP(=O)(NO)ON)cc1. The number of hydrogen-bond donors (Lipinski definition) is 3. The molecule has 3 rings (SSSR count). The third-order valence-corrected chi connectivity index (χ3v) is 5.66. The third kappa shape index (κ3) is 5.12. The van der Waals surface area contributed by atoms with E-state index in [2.05, 4.69) is 25.7 Å². The predicted molar refractivity (Wildman–Crippen MR) is 114 cm³/mol. The highest BCUT2D eigenvalue weighted by Crippen LogP contribution is 2.41. The highest BCUT2D eigenvalue weighted by molar-refractivity contribution is 9.10. The van der Waals surface area contributed by atoms with Crippen LogP contribution in [0.2, 0.25) is 0 Å². The lowest BCUT2D eigenvalue weighted by Gasteiger charge is -2.15. The summed E-state index contributed by atoms with van der Waals surface area (Å²) in [4.78, 5) is 2.00. The molecule has 0 amide bonds. The van der Waals surface area contributed by atoms with Gasteiger partial charge in [0.1, 0.15) is 0 Å². The second-order valence-corrected chi connectivity index (χ2v) is 8.91. The highest BCUT2D eigenvalue weighted by atomic mass is 79.9. The molecule has 0 aliphatic heterocycles. The quantitative estimate of drug-likeness (QED) is 0.326. The molecule has 0 saturated heterocycles. The Morgan fingerprint density at radius 2 is 1.93 bits per heavy atom. The van der Waals surface area contributed by atoms with Crippen molar-refractivity contribution in [1.82, 2.24) is 15.0 Å². The van der Waals surface area contributed by atoms with Crippen molar-refractivity contribution >= 4 is 29.4 Å². The lowest BCUT2D eigenvalue weighted by atomic mass is 10.1. The summed E-state index contributed by atoms with van der Waals surface area (Å²) in [5, 5.41) is 15.0. The van der Waals surface area contributed by atoms with Crippen molar-refractivity contribution in [1.29, 1.82) is 0 Å². The summed E-state index contributed by atoms with van der Waals surface area (Å²) in [7, 11) is -0.115. The van der Waals surface area contributed by atoms with Gasteiger partial charge in [0.25, 0.3) is 0 Å². The number of halogens is 1. The van der Waals surface area contributed by atoms with Crippen molar-refractivity contribution in [2.24, 2.45) is 5.90 Å². The van der Waals surface area contributed by atoms with Crippen LogP contribution < -0.4 is 16.0 Å². The second-order valence-electron chi connectivity index (χ2n) is 6.33. The van der Waals surface area contributed by atoms with Crippen molar-refractivity contribution in [2.45, 2.75) is 6.73 Å². The number of hydrogen-bond acceptors (Lipinski definition) is 7. The summed E-state index contributed by atoms with van der Waals surface area (Å²) in [5.74, 6) is 4.94. The Labute approximate surface area is 176 Å². The summed E-state index contributed by atoms with van der Waals surface area (Å²) in [6.07, 6.45) is 0. The second kappa shape index (κ2) is 9.19. The smallest absolute Gasteiger partial charge is 0.378 e. The van der Waals surface area contributed by atoms with Crippen molar-refractivity contribution in [3.8, 4) is 22.5 Å². The van der Waals surface area contributed by atoms with Gasteiger partial charge in [-0.25, -0.2) is 19.8 Å². The lowest BCUT2D eigenvalue weighted by molar-refractivity contribution is 0.109. The number of rotatable bonds is 8. The number of benzene rings is 2. The van der Waals surface area contributed by atoms with E-state index >= 15 is 0 Å². The van der Waals surface area contributed by atoms with Crippen LogP contribution in [-0.2, 0) is 20.4 Å². The van der Waals surface area contributed by atoms with Crippen LogP contribution in [0.15, 0.2) is 59.1 Å². The third-order valence-electron chi connectivity index (χ3n) is 4.19. The van der Waals surface area contributed by atoms with E-state index in [0.717, 1.165) is 27.0 Å². The minimum absolute atomic E-state index is 0.263. The lowest BCUT2D eigenvalue weighted by Crippen LogP contribution is -2.16. The number of nitrogens with one attached hydrogen (secondary N) is 1. The number of nitrogens with two attached hydrogens (primary N) is 1. The molecule has 0 saturated carbocycles. The first-order valence-corrected chi connectivity index (χ1v) is 10.8. The molecule has 1 aromatic heterocycles. The largest absolute Gasteiger partial charge is 0.446 e. The van der Waals surface area contributed by atoms with Crippen molar-refractivity contribution in [3.63, 3.8) is 0 Å². The van der Waals surface area contributed by atoms with E-state index in [1.165, 1.54) is 9.93 Å². The fourth-order valence-electron chi connectivity index (χ4n) is 2.68. The van der Waals surface area contributed by atoms with Crippen molar-refractivity contribution in [2.75, 3.05) is 19.0 Å². The van der Waals surface area contributed by atoms with E-state index in [0.29, 0.717) is 5.69 Å². The molecule has 0 fully saturated rings. The molecule has 2 aromatic carbocycles. The van der Waals surface area contributed by atoms with E-state index in [4.69, 9.17) is 15.6 Å². The molecule has 3 aromatic rings. The van der Waals surface area contributed by atoms with E-state index < -0.39 is 7.75 Å². The van der Waals surface area contributed by atoms with Gasteiger partial charge in [-0.3, -0.25) is 4.52 Å². The number of anilines is 1. The van der Waals surface area contributed by atoms with Crippen LogP contribution in [0.3, 0.4) is 0 Å². The molecule has 9 nitrogen and oxygen atoms in total. The summed E-state index contributed by atoms with van der Waals surface area (Å²) < 4.78 is 23.8. The summed E-state index contributed by atoms with van der Waals surface area (Å²) in [6, 6.07) is 17.5. The Morgan fingerprint density at radius 1 is 1.21 bits per heavy atom. The van der Waals surface area contributed by atoms with Gasteiger partial charge in [0, 0.05) is 35.4 Å². The Morgan fingerprint density at radius 3 is 2.52 bits per heavy atom. The van der Waals surface area contributed by atoms with Crippen LogP contribution in [0.4, 0.5) is 5.69 Å². The maximum absolute atomic E-state index is 12.0. The molecule has 0 aliphatic carbocycles. The molecule has 0 radical (unpaired) electrons. The topological polar surface area (TPSA) is 115 Å². The molecule has 1 atom stereocenters. The maximum atomic E-state index is 12.0. The average molecular weight is 482 g/mol. The van der Waals surface area contributed by atoms with Crippen molar-refractivity contribution in [3.05, 3.63) is 59.1 Å². The first-order valence-electron chi connectivity index (χ1n) is 8.51. The van der Waals surface area contributed by atoms with Gasteiger partial charge in [-0.1, -0.05) is 40.2 Å². The van der Waals surface area contributed by atoms with E-state index in [1.807, 2.05) is 73.6 Å². The number of aromatic nitrogens is 2. The summed E-state index contributed by atoms with van der Waals surface area (Å²) >= 11 is 3.46.